The van der Waals surface area contributed by atoms with Crippen molar-refractivity contribution < 1.29 is 4.74 Å². The number of nitrogens with zero attached hydrogens (tertiary/aromatic N) is 4. The summed E-state index contributed by atoms with van der Waals surface area (Å²) in [6, 6.07) is 2.58. The van der Waals surface area contributed by atoms with Gasteiger partial charge in [-0.1, -0.05) is 6.42 Å². The van der Waals surface area contributed by atoms with Gasteiger partial charge in [-0.2, -0.15) is 9.61 Å². The first-order chi connectivity index (χ1) is 12.3. The maximum absolute atomic E-state index is 5.57. The third-order valence-corrected chi connectivity index (χ3v) is 5.81. The van der Waals surface area contributed by atoms with Crippen molar-refractivity contribution >= 4 is 11.5 Å². The molecule has 0 spiro atoms. The van der Waals surface area contributed by atoms with E-state index < -0.39 is 0 Å². The van der Waals surface area contributed by atoms with Crippen molar-refractivity contribution in [3.05, 3.63) is 23.0 Å². The van der Waals surface area contributed by atoms with Crippen molar-refractivity contribution in [3.8, 4) is 0 Å². The minimum Gasteiger partial charge on any atom is -0.378 e. The highest BCUT2D eigenvalue weighted by atomic mass is 16.5. The van der Waals surface area contributed by atoms with E-state index in [0.29, 0.717) is 12.0 Å². The minimum absolute atomic E-state index is 0.373. The van der Waals surface area contributed by atoms with Crippen LogP contribution in [0.5, 0.6) is 0 Å². The highest BCUT2D eigenvalue weighted by Gasteiger charge is 2.31. The van der Waals surface area contributed by atoms with Gasteiger partial charge in [0.25, 0.3) is 0 Å². The molecule has 0 amide bonds. The SMILES string of the molecule is Cc1c(C2CC2)nc2cc(C3CCCCN3)nn2c1N1CCOCC1. The lowest BCUT2D eigenvalue weighted by Crippen LogP contribution is -2.38. The van der Waals surface area contributed by atoms with E-state index in [2.05, 4.69) is 27.7 Å². The summed E-state index contributed by atoms with van der Waals surface area (Å²) >= 11 is 0. The van der Waals surface area contributed by atoms with Gasteiger partial charge in [-0.25, -0.2) is 4.98 Å². The molecular weight excluding hydrogens is 314 g/mol. The number of fused-ring (bicyclic) bond motifs is 1. The molecule has 2 saturated heterocycles. The number of hydrogen-bond acceptors (Lipinski definition) is 5. The van der Waals surface area contributed by atoms with Gasteiger partial charge in [-0.3, -0.25) is 0 Å². The fraction of sp³-hybridized carbons (Fsp3) is 0.684. The van der Waals surface area contributed by atoms with E-state index in [0.717, 1.165) is 44.2 Å². The largest absolute Gasteiger partial charge is 0.378 e. The van der Waals surface area contributed by atoms with Crippen molar-refractivity contribution in [3.63, 3.8) is 0 Å². The van der Waals surface area contributed by atoms with Gasteiger partial charge in [0.1, 0.15) is 5.82 Å². The number of piperidine rings is 1. The van der Waals surface area contributed by atoms with Crippen LogP contribution in [0.1, 0.15) is 61.0 Å². The zero-order valence-electron chi connectivity index (χ0n) is 15.0. The highest BCUT2D eigenvalue weighted by Crippen LogP contribution is 2.43. The van der Waals surface area contributed by atoms with E-state index in [1.165, 1.54) is 49.2 Å². The van der Waals surface area contributed by atoms with Gasteiger partial charge in [-0.05, 0) is 39.2 Å². The molecule has 0 radical (unpaired) electrons. The van der Waals surface area contributed by atoms with Gasteiger partial charge in [0, 0.05) is 30.6 Å². The fourth-order valence-corrected chi connectivity index (χ4v) is 4.28. The molecule has 1 atom stereocenters. The average Bonchev–Trinajstić information content (AvgIpc) is 3.42. The van der Waals surface area contributed by atoms with Crippen LogP contribution in [0, 0.1) is 6.92 Å². The fourth-order valence-electron chi connectivity index (χ4n) is 4.28. The van der Waals surface area contributed by atoms with Crippen LogP contribution in [0.4, 0.5) is 5.82 Å². The summed E-state index contributed by atoms with van der Waals surface area (Å²) in [6.45, 7) is 6.77. The molecule has 2 aromatic rings. The Labute approximate surface area is 148 Å². The molecule has 1 saturated carbocycles. The van der Waals surface area contributed by atoms with Crippen LogP contribution in [0.25, 0.3) is 5.65 Å². The number of nitrogens with one attached hydrogen (secondary N) is 1. The van der Waals surface area contributed by atoms with Crippen LogP contribution in [0.15, 0.2) is 6.07 Å². The van der Waals surface area contributed by atoms with Crippen molar-refractivity contribution in [2.24, 2.45) is 0 Å². The van der Waals surface area contributed by atoms with Crippen molar-refractivity contribution in [2.45, 2.75) is 51.0 Å². The molecule has 25 heavy (non-hydrogen) atoms. The molecule has 6 heteroatoms. The van der Waals surface area contributed by atoms with E-state index in [1.54, 1.807) is 0 Å². The Morgan fingerprint density at radius 1 is 1.16 bits per heavy atom. The topological polar surface area (TPSA) is 54.7 Å². The molecule has 3 aliphatic rings. The van der Waals surface area contributed by atoms with Gasteiger partial charge in [0.15, 0.2) is 5.65 Å². The second-order valence-electron chi connectivity index (χ2n) is 7.66. The van der Waals surface area contributed by atoms with Crippen LogP contribution < -0.4 is 10.2 Å². The summed E-state index contributed by atoms with van der Waals surface area (Å²) in [5, 5.41) is 8.62. The first-order valence-corrected chi connectivity index (χ1v) is 9.77. The number of rotatable bonds is 3. The van der Waals surface area contributed by atoms with E-state index >= 15 is 0 Å². The normalized spacial score (nSPS) is 24.8. The maximum atomic E-state index is 5.57. The van der Waals surface area contributed by atoms with Crippen LogP contribution in [0.2, 0.25) is 0 Å². The van der Waals surface area contributed by atoms with Crippen molar-refractivity contribution in [1.29, 1.82) is 0 Å². The summed E-state index contributed by atoms with van der Waals surface area (Å²) in [5.41, 5.74) is 4.76. The van der Waals surface area contributed by atoms with E-state index in [-0.39, 0.29) is 0 Å². The number of morpholine rings is 1. The summed E-state index contributed by atoms with van der Waals surface area (Å²) in [5.74, 6) is 1.88. The zero-order chi connectivity index (χ0) is 16.8. The quantitative estimate of drug-likeness (QED) is 0.930. The van der Waals surface area contributed by atoms with Crippen LogP contribution in [0.3, 0.4) is 0 Å². The maximum Gasteiger partial charge on any atom is 0.157 e. The number of anilines is 1. The average molecular weight is 341 g/mol. The molecule has 2 aromatic heterocycles. The van der Waals surface area contributed by atoms with Gasteiger partial charge < -0.3 is 15.0 Å². The summed E-state index contributed by atoms with van der Waals surface area (Å²) in [4.78, 5) is 7.46. The molecule has 3 fully saturated rings. The lowest BCUT2D eigenvalue weighted by molar-refractivity contribution is 0.122. The molecular formula is C19H27N5O. The molecule has 6 nitrogen and oxygen atoms in total. The predicted molar refractivity (Wildman–Crippen MR) is 97.3 cm³/mol. The number of ether oxygens (including phenoxy) is 1. The summed E-state index contributed by atoms with van der Waals surface area (Å²) in [6.07, 6.45) is 6.27. The van der Waals surface area contributed by atoms with E-state index in [4.69, 9.17) is 14.8 Å². The molecule has 4 heterocycles. The number of hydrogen-bond donors (Lipinski definition) is 1. The van der Waals surface area contributed by atoms with E-state index in [1.807, 2.05) is 0 Å². The van der Waals surface area contributed by atoms with Crippen molar-refractivity contribution in [1.82, 2.24) is 19.9 Å². The molecule has 1 aliphatic carbocycles. The van der Waals surface area contributed by atoms with Gasteiger partial charge in [0.2, 0.25) is 0 Å². The summed E-state index contributed by atoms with van der Waals surface area (Å²) < 4.78 is 7.66. The standard InChI is InChI=1S/C19H27N5O/c1-13-18(14-5-6-14)21-17-12-16(15-4-2-3-7-20-15)22-24(17)19(13)23-8-10-25-11-9-23/h12,14-15,20H,2-11H2,1H3. The zero-order valence-corrected chi connectivity index (χ0v) is 15.0. The van der Waals surface area contributed by atoms with Crippen LogP contribution in [-0.2, 0) is 4.74 Å². The van der Waals surface area contributed by atoms with Gasteiger partial charge in [0.05, 0.1) is 30.6 Å². The van der Waals surface area contributed by atoms with E-state index in [9.17, 15) is 0 Å². The number of aromatic nitrogens is 3. The molecule has 134 valence electrons. The Morgan fingerprint density at radius 3 is 2.72 bits per heavy atom. The first kappa shape index (κ1) is 15.6. The monoisotopic (exact) mass is 341 g/mol. The minimum atomic E-state index is 0.373. The van der Waals surface area contributed by atoms with Gasteiger partial charge >= 0.3 is 0 Å². The van der Waals surface area contributed by atoms with Crippen molar-refractivity contribution in [2.75, 3.05) is 37.7 Å². The highest BCUT2D eigenvalue weighted by molar-refractivity contribution is 5.58. The molecule has 0 bridgehead atoms. The molecule has 1 N–H and O–H groups in total. The van der Waals surface area contributed by atoms with Gasteiger partial charge in [-0.15, -0.1) is 0 Å². The third-order valence-electron chi connectivity index (χ3n) is 5.81. The lowest BCUT2D eigenvalue weighted by Gasteiger charge is -2.30. The molecule has 1 unspecified atom stereocenters. The second kappa shape index (κ2) is 6.25. The molecule has 0 aromatic carbocycles. The predicted octanol–water partition coefficient (Wildman–Crippen LogP) is 2.57. The molecule has 5 rings (SSSR count). The summed E-state index contributed by atoms with van der Waals surface area (Å²) in [7, 11) is 0. The Morgan fingerprint density at radius 2 is 2.00 bits per heavy atom. The Bertz CT molecular complexity index is 770. The second-order valence-corrected chi connectivity index (χ2v) is 7.66. The first-order valence-electron chi connectivity index (χ1n) is 9.77. The smallest absolute Gasteiger partial charge is 0.157 e. The van der Waals surface area contributed by atoms with Crippen LogP contribution in [-0.4, -0.2) is 47.4 Å². The Hall–Kier alpha value is -1.66. The lowest BCUT2D eigenvalue weighted by atomic mass is 10.0. The molecule has 2 aliphatic heterocycles. The Kier molecular flexibility index (Phi) is 3.90. The van der Waals surface area contributed by atoms with Crippen LogP contribution >= 0.6 is 0 Å². The Balaban J connectivity index is 1.62. The third kappa shape index (κ3) is 2.81.